The predicted octanol–water partition coefficient (Wildman–Crippen LogP) is 2.01. The molecule has 1 aliphatic rings. The summed E-state index contributed by atoms with van der Waals surface area (Å²) in [7, 11) is 3.50. The van der Waals surface area contributed by atoms with Crippen molar-refractivity contribution in [1.29, 1.82) is 0 Å². The first-order valence-electron chi connectivity index (χ1n) is 4.10. The van der Waals surface area contributed by atoms with Crippen LogP contribution in [0.1, 0.15) is 26.7 Å². The largest absolute Gasteiger partial charge is 0.668 e. The first-order valence-corrected chi connectivity index (χ1v) is 4.10. The van der Waals surface area contributed by atoms with Gasteiger partial charge in [0.25, 0.3) is 0 Å². The zero-order chi connectivity index (χ0) is 8.24. The molecule has 1 radical (unpaired) electrons. The van der Waals surface area contributed by atoms with Crippen LogP contribution in [0.2, 0.25) is 0 Å². The maximum absolute atomic E-state index is 3.50. The second kappa shape index (κ2) is 22.5. The van der Waals surface area contributed by atoms with E-state index in [9.17, 15) is 0 Å². The maximum atomic E-state index is 3.50. The van der Waals surface area contributed by atoms with Crippen molar-refractivity contribution in [3.05, 3.63) is 5.32 Å². The van der Waals surface area contributed by atoms with Gasteiger partial charge >= 0.3 is 0 Å². The average Bonchev–Trinajstić information content (AvgIpc) is 2.48. The molecule has 1 fully saturated rings. The van der Waals surface area contributed by atoms with Gasteiger partial charge in [-0.3, -0.25) is 0 Å². The van der Waals surface area contributed by atoms with Crippen molar-refractivity contribution in [2.75, 3.05) is 27.2 Å². The van der Waals surface area contributed by atoms with E-state index in [1.54, 1.807) is 14.1 Å². The normalized spacial score (nSPS) is 13.1. The molecule has 0 amide bonds. The number of hydrogen-bond acceptors (Lipinski definition) is 1. The quantitative estimate of drug-likeness (QED) is 0.681. The van der Waals surface area contributed by atoms with Gasteiger partial charge in [-0.15, -0.1) is 0 Å². The monoisotopic (exact) mass is 234 g/mol. The molecule has 1 rings (SSSR count). The van der Waals surface area contributed by atoms with E-state index in [4.69, 9.17) is 0 Å². The van der Waals surface area contributed by atoms with Crippen molar-refractivity contribution in [3.8, 4) is 0 Å². The summed E-state index contributed by atoms with van der Waals surface area (Å²) in [4.78, 5) is 0. The number of hydrogen-bond donors (Lipinski definition) is 1. The summed E-state index contributed by atoms with van der Waals surface area (Å²) < 4.78 is 0. The maximum Gasteiger partial charge on any atom is 0 e. The molecule has 0 bridgehead atoms. The van der Waals surface area contributed by atoms with Crippen LogP contribution in [0.5, 0.6) is 0 Å². The summed E-state index contributed by atoms with van der Waals surface area (Å²) in [5.41, 5.74) is 0. The average molecular weight is 234 g/mol. The fraction of sp³-hybridized carbons (Fsp3) is 1.00. The molecular formula is C8H21N2Y-. The Morgan fingerprint density at radius 3 is 1.36 bits per heavy atom. The van der Waals surface area contributed by atoms with Gasteiger partial charge in [0.1, 0.15) is 0 Å². The SMILES string of the molecule is C1CCNC1.CC.C[N-]C.[Y]. The van der Waals surface area contributed by atoms with Crippen molar-refractivity contribution in [2.24, 2.45) is 0 Å². The molecule has 1 saturated heterocycles. The van der Waals surface area contributed by atoms with Crippen LogP contribution in [0.4, 0.5) is 0 Å². The Balaban J connectivity index is -0.0000000956. The zero-order valence-electron chi connectivity index (χ0n) is 8.35. The van der Waals surface area contributed by atoms with Gasteiger partial charge in [0.15, 0.2) is 0 Å². The number of nitrogens with zero attached hydrogens (tertiary/aromatic N) is 1. The molecular weight excluding hydrogens is 213 g/mol. The van der Waals surface area contributed by atoms with Gasteiger partial charge in [-0.2, -0.15) is 14.1 Å². The predicted molar refractivity (Wildman–Crippen MR) is 48.7 cm³/mol. The van der Waals surface area contributed by atoms with Gasteiger partial charge < -0.3 is 10.6 Å². The summed E-state index contributed by atoms with van der Waals surface area (Å²) in [6, 6.07) is 0. The standard InChI is InChI=1S/C4H9N.C2H6N.C2H6.Y/c1-2-4-5-3-1;1-3-2;1-2;/h5H,1-4H2;1-2H3;1-2H3;/q;-1;;. The second-order valence-corrected chi connectivity index (χ2v) is 1.90. The smallest absolute Gasteiger partial charge is 0 e. The molecule has 0 aromatic heterocycles. The molecule has 3 heteroatoms. The Bertz CT molecular complexity index is 31.5. The van der Waals surface area contributed by atoms with E-state index >= 15 is 0 Å². The van der Waals surface area contributed by atoms with Crippen LogP contribution in [0.3, 0.4) is 0 Å². The Hall–Kier alpha value is 1.02. The number of rotatable bonds is 0. The van der Waals surface area contributed by atoms with E-state index in [1.807, 2.05) is 13.8 Å². The van der Waals surface area contributed by atoms with Crippen LogP contribution >= 0.6 is 0 Å². The topological polar surface area (TPSA) is 26.1 Å². The van der Waals surface area contributed by atoms with Gasteiger partial charge in [-0.25, -0.2) is 0 Å². The first kappa shape index (κ1) is 17.9. The molecule has 0 spiro atoms. The second-order valence-electron chi connectivity index (χ2n) is 1.90. The Morgan fingerprint density at radius 2 is 1.27 bits per heavy atom. The molecule has 1 aliphatic heterocycles. The fourth-order valence-corrected chi connectivity index (χ4v) is 0.625. The molecule has 0 atom stereocenters. The Labute approximate surface area is 96.8 Å². The minimum Gasteiger partial charge on any atom is -0.668 e. The van der Waals surface area contributed by atoms with E-state index in [0.717, 1.165) is 0 Å². The van der Waals surface area contributed by atoms with Crippen molar-refractivity contribution < 1.29 is 32.7 Å². The molecule has 0 aromatic carbocycles. The third-order valence-corrected chi connectivity index (χ3v) is 0.957. The third-order valence-electron chi connectivity index (χ3n) is 0.957. The number of nitrogens with one attached hydrogen (secondary N) is 1. The van der Waals surface area contributed by atoms with Gasteiger partial charge in [0.05, 0.1) is 0 Å². The van der Waals surface area contributed by atoms with E-state index in [0.29, 0.717) is 0 Å². The van der Waals surface area contributed by atoms with Crippen LogP contribution in [0.25, 0.3) is 5.32 Å². The van der Waals surface area contributed by atoms with E-state index in [2.05, 4.69) is 10.6 Å². The minimum absolute atomic E-state index is 0. The Kier molecular flexibility index (Phi) is 36.6. The summed E-state index contributed by atoms with van der Waals surface area (Å²) in [5.74, 6) is 0. The van der Waals surface area contributed by atoms with Gasteiger partial charge in [-0.05, 0) is 25.9 Å². The van der Waals surface area contributed by atoms with E-state index in [1.165, 1.54) is 25.9 Å². The van der Waals surface area contributed by atoms with Gasteiger partial charge in [-0.1, -0.05) is 13.8 Å². The molecule has 1 N–H and O–H groups in total. The minimum atomic E-state index is 0. The summed E-state index contributed by atoms with van der Waals surface area (Å²) >= 11 is 0. The summed E-state index contributed by atoms with van der Waals surface area (Å²) in [6.45, 7) is 6.50. The summed E-state index contributed by atoms with van der Waals surface area (Å²) in [5, 5.41) is 6.72. The molecule has 2 nitrogen and oxygen atoms in total. The molecule has 1 heterocycles. The molecule has 0 saturated carbocycles. The van der Waals surface area contributed by atoms with Crippen molar-refractivity contribution in [2.45, 2.75) is 26.7 Å². The van der Waals surface area contributed by atoms with Crippen LogP contribution in [-0.2, 0) is 32.7 Å². The fourth-order valence-electron chi connectivity index (χ4n) is 0.625. The van der Waals surface area contributed by atoms with Crippen molar-refractivity contribution in [1.82, 2.24) is 5.32 Å². The van der Waals surface area contributed by atoms with Crippen LogP contribution < -0.4 is 5.32 Å². The zero-order valence-corrected chi connectivity index (χ0v) is 11.2. The van der Waals surface area contributed by atoms with Crippen LogP contribution in [-0.4, -0.2) is 27.2 Å². The van der Waals surface area contributed by atoms with Crippen LogP contribution in [0.15, 0.2) is 0 Å². The third kappa shape index (κ3) is 24.7. The summed E-state index contributed by atoms with van der Waals surface area (Å²) in [6.07, 6.45) is 2.78. The van der Waals surface area contributed by atoms with Crippen molar-refractivity contribution in [3.63, 3.8) is 0 Å². The van der Waals surface area contributed by atoms with E-state index in [-0.39, 0.29) is 32.7 Å². The Morgan fingerprint density at radius 1 is 1.00 bits per heavy atom. The van der Waals surface area contributed by atoms with Gasteiger partial charge in [0.2, 0.25) is 0 Å². The van der Waals surface area contributed by atoms with E-state index < -0.39 is 0 Å². The molecule has 11 heavy (non-hydrogen) atoms. The molecule has 0 aliphatic carbocycles. The molecule has 0 aromatic rings. The molecule has 0 unspecified atom stereocenters. The molecule has 67 valence electrons. The first-order chi connectivity index (χ1) is 4.91. The van der Waals surface area contributed by atoms with Crippen molar-refractivity contribution >= 4 is 0 Å². The van der Waals surface area contributed by atoms with Crippen LogP contribution in [0, 0.1) is 0 Å². The van der Waals surface area contributed by atoms with Gasteiger partial charge in [0, 0.05) is 32.7 Å².